The van der Waals surface area contributed by atoms with E-state index >= 15 is 0 Å². The molecule has 1 aromatic heterocycles. The van der Waals surface area contributed by atoms with Crippen LogP contribution in [-0.4, -0.2) is 64.8 Å². The lowest BCUT2D eigenvalue weighted by Crippen LogP contribution is -2.56. The third kappa shape index (κ3) is 5.23. The van der Waals surface area contributed by atoms with E-state index in [1.165, 1.54) is 0 Å². The molecule has 2 amide bonds. The van der Waals surface area contributed by atoms with Crippen molar-refractivity contribution in [3.05, 3.63) is 11.8 Å². The van der Waals surface area contributed by atoms with Crippen molar-refractivity contribution in [1.29, 1.82) is 0 Å². The Hall–Kier alpha value is -2.09. The summed E-state index contributed by atoms with van der Waals surface area (Å²) in [5.41, 5.74) is 0.202. The van der Waals surface area contributed by atoms with E-state index < -0.39 is 5.60 Å². The highest BCUT2D eigenvalue weighted by Gasteiger charge is 2.31. The molecule has 0 spiro atoms. The first-order valence-electron chi connectivity index (χ1n) is 8.09. The predicted octanol–water partition coefficient (Wildman–Crippen LogP) is 1.86. The second-order valence-electron chi connectivity index (χ2n) is 7.14. The van der Waals surface area contributed by atoms with Gasteiger partial charge < -0.3 is 14.2 Å². The minimum Gasteiger partial charge on any atom is -0.444 e. The molecule has 1 aliphatic heterocycles. The zero-order valence-corrected chi connectivity index (χ0v) is 15.0. The van der Waals surface area contributed by atoms with Crippen molar-refractivity contribution in [2.75, 3.05) is 31.5 Å². The number of aryl methyl sites for hydroxylation is 1. The van der Waals surface area contributed by atoms with Crippen LogP contribution in [0.15, 0.2) is 10.6 Å². The lowest BCUT2D eigenvalue weighted by Gasteiger charge is -2.39. The Bertz CT molecular complexity index is 593. The Labute approximate surface area is 142 Å². The van der Waals surface area contributed by atoms with Crippen LogP contribution >= 0.6 is 0 Å². The molecule has 0 unspecified atom stereocenters. The smallest absolute Gasteiger partial charge is 0.410 e. The van der Waals surface area contributed by atoms with Gasteiger partial charge >= 0.3 is 6.09 Å². The topological polar surface area (TPSA) is 87.9 Å². The zero-order chi connectivity index (χ0) is 17.9. The number of ether oxygens (including phenoxy) is 1. The summed E-state index contributed by atoms with van der Waals surface area (Å²) in [6.45, 7) is 11.3. The van der Waals surface area contributed by atoms with E-state index in [0.717, 1.165) is 0 Å². The van der Waals surface area contributed by atoms with Crippen LogP contribution in [0.25, 0.3) is 0 Å². The predicted molar refractivity (Wildman–Crippen MR) is 88.7 cm³/mol. The van der Waals surface area contributed by atoms with E-state index in [1.807, 2.05) is 32.6 Å². The van der Waals surface area contributed by atoms with Crippen molar-refractivity contribution in [3.63, 3.8) is 0 Å². The molecule has 1 atom stereocenters. The fourth-order valence-corrected chi connectivity index (χ4v) is 2.57. The Morgan fingerprint density at radius 3 is 2.67 bits per heavy atom. The maximum Gasteiger partial charge on any atom is 0.410 e. The second-order valence-corrected chi connectivity index (χ2v) is 7.14. The first kappa shape index (κ1) is 18.3. The fraction of sp³-hybridized carbons (Fsp3) is 0.688. The Kier molecular flexibility index (Phi) is 5.48. The quantitative estimate of drug-likeness (QED) is 0.905. The van der Waals surface area contributed by atoms with Gasteiger partial charge in [-0.15, -0.1) is 0 Å². The maximum absolute atomic E-state index is 12.2. The van der Waals surface area contributed by atoms with Gasteiger partial charge in [0.05, 0.1) is 12.2 Å². The minimum absolute atomic E-state index is 0.0195. The molecule has 1 aromatic rings. The normalized spacial score (nSPS) is 19.2. The van der Waals surface area contributed by atoms with Gasteiger partial charge in [-0.2, -0.15) is 0 Å². The van der Waals surface area contributed by atoms with E-state index in [-0.39, 0.29) is 24.6 Å². The summed E-state index contributed by atoms with van der Waals surface area (Å²) in [5, 5.41) is 6.40. The first-order chi connectivity index (χ1) is 11.1. The van der Waals surface area contributed by atoms with Gasteiger partial charge in [0.25, 0.3) is 0 Å². The van der Waals surface area contributed by atoms with Crippen LogP contribution in [0.3, 0.4) is 0 Å². The molecule has 0 aliphatic carbocycles. The summed E-state index contributed by atoms with van der Waals surface area (Å²) < 4.78 is 10.4. The van der Waals surface area contributed by atoms with Gasteiger partial charge in [0.1, 0.15) is 5.60 Å². The number of anilines is 1. The van der Waals surface area contributed by atoms with Gasteiger partial charge in [-0.1, -0.05) is 5.16 Å². The molecular weight excluding hydrogens is 312 g/mol. The fourth-order valence-electron chi connectivity index (χ4n) is 2.57. The van der Waals surface area contributed by atoms with Crippen molar-refractivity contribution < 1.29 is 18.8 Å². The standard InChI is InChI=1S/C16H26N4O4/c1-11-8-14(24-18-11)17-13(21)10-19-6-7-20(12(2)9-19)15(22)23-16(3,4)5/h8,12H,6-7,9-10H2,1-5H3,(H,17,21)/t12-/m0/s1. The van der Waals surface area contributed by atoms with Crippen LogP contribution in [0.4, 0.5) is 10.7 Å². The van der Waals surface area contributed by atoms with Gasteiger partial charge in [-0.25, -0.2) is 4.79 Å². The van der Waals surface area contributed by atoms with Crippen LogP contribution in [0.2, 0.25) is 0 Å². The number of hydrogen-bond donors (Lipinski definition) is 1. The van der Waals surface area contributed by atoms with Gasteiger partial charge in [0, 0.05) is 31.7 Å². The lowest BCUT2D eigenvalue weighted by molar-refractivity contribution is -0.118. The molecule has 2 heterocycles. The first-order valence-corrected chi connectivity index (χ1v) is 8.09. The number of amides is 2. The number of aromatic nitrogens is 1. The number of piperazine rings is 1. The highest BCUT2D eigenvalue weighted by atomic mass is 16.6. The second kappa shape index (κ2) is 7.21. The van der Waals surface area contributed by atoms with Crippen LogP contribution in [-0.2, 0) is 9.53 Å². The van der Waals surface area contributed by atoms with Crippen molar-refractivity contribution >= 4 is 17.9 Å². The summed E-state index contributed by atoms with van der Waals surface area (Å²) in [6.07, 6.45) is -0.309. The van der Waals surface area contributed by atoms with Crippen molar-refractivity contribution in [1.82, 2.24) is 15.0 Å². The monoisotopic (exact) mass is 338 g/mol. The molecule has 8 nitrogen and oxygen atoms in total. The number of nitrogens with one attached hydrogen (secondary N) is 1. The van der Waals surface area contributed by atoms with Gasteiger partial charge in [0.15, 0.2) is 0 Å². The van der Waals surface area contributed by atoms with Crippen molar-refractivity contribution in [3.8, 4) is 0 Å². The zero-order valence-electron chi connectivity index (χ0n) is 15.0. The van der Waals surface area contributed by atoms with E-state index in [2.05, 4.69) is 10.5 Å². The molecule has 0 aromatic carbocycles. The molecule has 2 rings (SSSR count). The molecule has 1 aliphatic rings. The SMILES string of the molecule is Cc1cc(NC(=O)CN2CCN(C(=O)OC(C)(C)C)[C@@H](C)C2)on1. The molecule has 8 heteroatoms. The van der Waals surface area contributed by atoms with Crippen LogP contribution in [0.1, 0.15) is 33.4 Å². The molecule has 1 N–H and O–H groups in total. The average molecular weight is 338 g/mol. The van der Waals surface area contributed by atoms with Crippen LogP contribution in [0.5, 0.6) is 0 Å². The third-order valence-electron chi connectivity index (χ3n) is 3.60. The molecule has 24 heavy (non-hydrogen) atoms. The molecule has 134 valence electrons. The van der Waals surface area contributed by atoms with E-state index in [1.54, 1.807) is 17.9 Å². The number of rotatable bonds is 3. The summed E-state index contributed by atoms with van der Waals surface area (Å²) in [4.78, 5) is 27.9. The lowest BCUT2D eigenvalue weighted by atomic mass is 10.2. The minimum atomic E-state index is -0.511. The third-order valence-corrected chi connectivity index (χ3v) is 3.60. The number of hydrogen-bond acceptors (Lipinski definition) is 6. The molecule has 0 bridgehead atoms. The molecule has 1 fully saturated rings. The van der Waals surface area contributed by atoms with Gasteiger partial charge in [-0.3, -0.25) is 15.0 Å². The molecule has 0 saturated carbocycles. The van der Waals surface area contributed by atoms with Crippen molar-refractivity contribution in [2.24, 2.45) is 0 Å². The van der Waals surface area contributed by atoms with Crippen LogP contribution < -0.4 is 5.32 Å². The van der Waals surface area contributed by atoms with Crippen molar-refractivity contribution in [2.45, 2.75) is 46.3 Å². The van der Waals surface area contributed by atoms with Gasteiger partial charge in [-0.05, 0) is 34.6 Å². The largest absolute Gasteiger partial charge is 0.444 e. The number of carbonyl (C=O) groups excluding carboxylic acids is 2. The molecular formula is C16H26N4O4. The van der Waals surface area contributed by atoms with E-state index in [4.69, 9.17) is 9.26 Å². The Morgan fingerprint density at radius 2 is 2.12 bits per heavy atom. The highest BCUT2D eigenvalue weighted by molar-refractivity contribution is 5.91. The number of nitrogens with zero attached hydrogens (tertiary/aromatic N) is 3. The van der Waals surface area contributed by atoms with Gasteiger partial charge in [0.2, 0.25) is 11.8 Å². The molecule has 1 saturated heterocycles. The Balaban J connectivity index is 1.82. The average Bonchev–Trinajstić information content (AvgIpc) is 2.81. The summed E-state index contributed by atoms with van der Waals surface area (Å²) >= 11 is 0. The maximum atomic E-state index is 12.2. The molecule has 0 radical (unpaired) electrons. The van der Waals surface area contributed by atoms with E-state index in [0.29, 0.717) is 31.2 Å². The number of carbonyl (C=O) groups is 2. The van der Waals surface area contributed by atoms with Crippen LogP contribution in [0, 0.1) is 6.92 Å². The summed E-state index contributed by atoms with van der Waals surface area (Å²) in [6, 6.07) is 1.65. The summed E-state index contributed by atoms with van der Waals surface area (Å²) in [5.74, 6) is 0.182. The Morgan fingerprint density at radius 1 is 1.42 bits per heavy atom. The van der Waals surface area contributed by atoms with E-state index in [9.17, 15) is 9.59 Å². The summed E-state index contributed by atoms with van der Waals surface area (Å²) in [7, 11) is 0. The highest BCUT2D eigenvalue weighted by Crippen LogP contribution is 2.16.